The summed E-state index contributed by atoms with van der Waals surface area (Å²) >= 11 is 0. The maximum Gasteiger partial charge on any atom is 0.273 e. The predicted octanol–water partition coefficient (Wildman–Crippen LogP) is -0.151. The fourth-order valence-corrected chi connectivity index (χ4v) is 2.71. The SMILES string of the molecule is Cn1cc(C(=O)N2CC(n3cc(C(=O)NCC4CC4)nn3)C2)cn1. The fraction of sp³-hybridized carbons (Fsp3) is 0.533. The third-order valence-corrected chi connectivity index (χ3v) is 4.47. The Morgan fingerprint density at radius 2 is 2.08 bits per heavy atom. The maximum atomic E-state index is 12.2. The van der Waals surface area contributed by atoms with Gasteiger partial charge in [-0.25, -0.2) is 4.68 Å². The second-order valence-corrected chi connectivity index (χ2v) is 6.50. The van der Waals surface area contributed by atoms with Crippen LogP contribution < -0.4 is 5.32 Å². The minimum absolute atomic E-state index is 0.0399. The number of likely N-dealkylation sites (tertiary alicyclic amines) is 1. The van der Waals surface area contributed by atoms with E-state index in [4.69, 9.17) is 0 Å². The summed E-state index contributed by atoms with van der Waals surface area (Å²) in [5.74, 6) is 0.403. The van der Waals surface area contributed by atoms with Gasteiger partial charge >= 0.3 is 0 Å². The molecular weight excluding hydrogens is 310 g/mol. The highest BCUT2D eigenvalue weighted by Gasteiger charge is 2.34. The van der Waals surface area contributed by atoms with E-state index in [2.05, 4.69) is 20.7 Å². The highest BCUT2D eigenvalue weighted by molar-refractivity contribution is 5.94. The van der Waals surface area contributed by atoms with Crippen molar-refractivity contribution in [3.05, 3.63) is 29.8 Å². The molecule has 4 rings (SSSR count). The van der Waals surface area contributed by atoms with Gasteiger partial charge in [-0.2, -0.15) is 5.10 Å². The first-order chi connectivity index (χ1) is 11.6. The molecule has 1 aliphatic carbocycles. The number of aromatic nitrogens is 5. The molecule has 2 aromatic heterocycles. The van der Waals surface area contributed by atoms with Crippen LogP contribution in [0.15, 0.2) is 18.6 Å². The summed E-state index contributed by atoms with van der Waals surface area (Å²) in [7, 11) is 1.78. The van der Waals surface area contributed by atoms with Crippen molar-refractivity contribution in [2.75, 3.05) is 19.6 Å². The zero-order valence-electron chi connectivity index (χ0n) is 13.4. The van der Waals surface area contributed by atoms with E-state index < -0.39 is 0 Å². The lowest BCUT2D eigenvalue weighted by Gasteiger charge is -2.38. The Balaban J connectivity index is 1.32. The van der Waals surface area contributed by atoms with E-state index in [1.807, 2.05) is 0 Å². The Kier molecular flexibility index (Phi) is 3.55. The normalized spacial score (nSPS) is 17.6. The van der Waals surface area contributed by atoms with Crippen LogP contribution in [-0.4, -0.2) is 61.1 Å². The van der Waals surface area contributed by atoms with Crippen molar-refractivity contribution in [1.29, 1.82) is 0 Å². The van der Waals surface area contributed by atoms with E-state index in [1.165, 1.54) is 12.8 Å². The molecule has 2 amide bonds. The summed E-state index contributed by atoms with van der Waals surface area (Å²) in [4.78, 5) is 26.0. The van der Waals surface area contributed by atoms with Crippen molar-refractivity contribution >= 4 is 11.8 Å². The topological polar surface area (TPSA) is 97.9 Å². The number of carbonyl (C=O) groups excluding carboxylic acids is 2. The van der Waals surface area contributed by atoms with Crippen LogP contribution in [-0.2, 0) is 7.05 Å². The molecule has 126 valence electrons. The van der Waals surface area contributed by atoms with E-state index in [1.54, 1.807) is 39.9 Å². The van der Waals surface area contributed by atoms with Crippen LogP contribution in [0.5, 0.6) is 0 Å². The second-order valence-electron chi connectivity index (χ2n) is 6.50. The van der Waals surface area contributed by atoms with Crippen LogP contribution >= 0.6 is 0 Å². The number of amides is 2. The molecule has 2 aromatic rings. The number of nitrogens with one attached hydrogen (secondary N) is 1. The standard InChI is InChI=1S/C15H19N7O2/c1-20-6-11(5-17-20)15(24)21-7-12(8-21)22-9-13(18-19-22)14(23)16-4-10-2-3-10/h5-6,9-10,12H,2-4,7-8H2,1H3,(H,16,23). The molecule has 2 fully saturated rings. The number of aryl methyl sites for hydroxylation is 1. The molecule has 0 spiro atoms. The fourth-order valence-electron chi connectivity index (χ4n) is 2.71. The number of nitrogens with zero attached hydrogens (tertiary/aromatic N) is 6. The van der Waals surface area contributed by atoms with Gasteiger partial charge in [0, 0.05) is 32.9 Å². The van der Waals surface area contributed by atoms with Gasteiger partial charge in [-0.15, -0.1) is 5.10 Å². The average Bonchev–Trinajstić information content (AvgIpc) is 3.04. The highest BCUT2D eigenvalue weighted by atomic mass is 16.2. The van der Waals surface area contributed by atoms with Crippen LogP contribution in [0.4, 0.5) is 0 Å². The molecule has 0 unspecified atom stereocenters. The van der Waals surface area contributed by atoms with Gasteiger partial charge in [0.15, 0.2) is 5.69 Å². The van der Waals surface area contributed by atoms with Gasteiger partial charge in [0.25, 0.3) is 11.8 Å². The van der Waals surface area contributed by atoms with E-state index in [0.29, 0.717) is 36.8 Å². The van der Waals surface area contributed by atoms with Gasteiger partial charge in [0.05, 0.1) is 24.0 Å². The summed E-state index contributed by atoms with van der Waals surface area (Å²) in [5.41, 5.74) is 0.905. The Bertz CT molecular complexity index is 770. The van der Waals surface area contributed by atoms with Crippen LogP contribution in [0.25, 0.3) is 0 Å². The van der Waals surface area contributed by atoms with Gasteiger partial charge in [-0.05, 0) is 18.8 Å². The third kappa shape index (κ3) is 2.89. The Morgan fingerprint density at radius 1 is 1.29 bits per heavy atom. The Hall–Kier alpha value is -2.71. The maximum absolute atomic E-state index is 12.2. The van der Waals surface area contributed by atoms with Gasteiger partial charge in [0.1, 0.15) is 0 Å². The van der Waals surface area contributed by atoms with Gasteiger partial charge in [-0.1, -0.05) is 5.21 Å². The first-order valence-electron chi connectivity index (χ1n) is 8.08. The lowest BCUT2D eigenvalue weighted by molar-refractivity contribution is 0.0498. The van der Waals surface area contributed by atoms with Gasteiger partial charge < -0.3 is 10.2 Å². The first-order valence-corrected chi connectivity index (χ1v) is 8.08. The molecule has 1 N–H and O–H groups in total. The quantitative estimate of drug-likeness (QED) is 0.822. The number of hydrogen-bond acceptors (Lipinski definition) is 5. The molecule has 0 radical (unpaired) electrons. The minimum atomic E-state index is -0.184. The monoisotopic (exact) mass is 329 g/mol. The zero-order chi connectivity index (χ0) is 16.7. The van der Waals surface area contributed by atoms with Crippen LogP contribution in [0.1, 0.15) is 39.7 Å². The second kappa shape index (κ2) is 5.73. The Morgan fingerprint density at radius 3 is 2.75 bits per heavy atom. The lowest BCUT2D eigenvalue weighted by atomic mass is 10.1. The molecule has 2 aliphatic rings. The van der Waals surface area contributed by atoms with Gasteiger partial charge in [0.2, 0.25) is 0 Å². The summed E-state index contributed by atoms with van der Waals surface area (Å²) in [6, 6.07) is 0.0584. The van der Waals surface area contributed by atoms with Crippen LogP contribution in [0.2, 0.25) is 0 Å². The van der Waals surface area contributed by atoms with E-state index in [9.17, 15) is 9.59 Å². The average molecular weight is 329 g/mol. The highest BCUT2D eigenvalue weighted by Crippen LogP contribution is 2.27. The zero-order valence-corrected chi connectivity index (χ0v) is 13.4. The van der Waals surface area contributed by atoms with Crippen LogP contribution in [0, 0.1) is 5.92 Å². The third-order valence-electron chi connectivity index (χ3n) is 4.47. The summed E-state index contributed by atoms with van der Waals surface area (Å²) < 4.78 is 3.27. The smallest absolute Gasteiger partial charge is 0.273 e. The largest absolute Gasteiger partial charge is 0.350 e. The molecule has 0 aromatic carbocycles. The summed E-state index contributed by atoms with van der Waals surface area (Å²) in [6.45, 7) is 1.82. The van der Waals surface area contributed by atoms with Crippen molar-refractivity contribution in [3.8, 4) is 0 Å². The van der Waals surface area contributed by atoms with Gasteiger partial charge in [-0.3, -0.25) is 14.3 Å². The number of hydrogen-bond donors (Lipinski definition) is 1. The molecule has 9 heteroatoms. The van der Waals surface area contributed by atoms with Crippen molar-refractivity contribution < 1.29 is 9.59 Å². The first kappa shape index (κ1) is 14.9. The van der Waals surface area contributed by atoms with E-state index in [0.717, 1.165) is 0 Å². The van der Waals surface area contributed by atoms with E-state index in [-0.39, 0.29) is 17.9 Å². The number of rotatable bonds is 5. The molecule has 0 atom stereocenters. The van der Waals surface area contributed by atoms with Crippen molar-refractivity contribution in [2.45, 2.75) is 18.9 Å². The molecule has 0 bridgehead atoms. The van der Waals surface area contributed by atoms with Crippen molar-refractivity contribution in [1.82, 2.24) is 35.0 Å². The van der Waals surface area contributed by atoms with Crippen LogP contribution in [0.3, 0.4) is 0 Å². The van der Waals surface area contributed by atoms with Crippen molar-refractivity contribution in [2.24, 2.45) is 13.0 Å². The van der Waals surface area contributed by atoms with Crippen molar-refractivity contribution in [3.63, 3.8) is 0 Å². The molecular formula is C15H19N7O2. The minimum Gasteiger partial charge on any atom is -0.350 e. The van der Waals surface area contributed by atoms with E-state index >= 15 is 0 Å². The molecule has 9 nitrogen and oxygen atoms in total. The molecule has 24 heavy (non-hydrogen) atoms. The molecule has 1 aliphatic heterocycles. The molecule has 3 heterocycles. The molecule has 1 saturated carbocycles. The lowest BCUT2D eigenvalue weighted by Crippen LogP contribution is -2.50. The number of carbonyl (C=O) groups is 2. The Labute approximate surface area is 138 Å². The summed E-state index contributed by atoms with van der Waals surface area (Å²) in [6.07, 6.45) is 7.30. The summed E-state index contributed by atoms with van der Waals surface area (Å²) in [5, 5.41) is 14.8. The predicted molar refractivity (Wildman–Crippen MR) is 83.2 cm³/mol. The molecule has 1 saturated heterocycles.